The first kappa shape index (κ1) is 18.9. The number of rotatable bonds is 5. The van der Waals surface area contributed by atoms with Gasteiger partial charge in [0.05, 0.1) is 12.5 Å². The van der Waals surface area contributed by atoms with Gasteiger partial charge in [-0.2, -0.15) is 0 Å². The minimum Gasteiger partial charge on any atom is -0.369 e. The first-order valence-corrected chi connectivity index (χ1v) is 9.03. The Morgan fingerprint density at radius 3 is 2.70 bits per heavy atom. The number of primary amides is 1. The molecule has 1 heterocycles. The zero-order valence-corrected chi connectivity index (χ0v) is 15.5. The molecule has 0 unspecified atom stereocenters. The van der Waals surface area contributed by atoms with Crippen molar-refractivity contribution in [3.05, 3.63) is 65.0 Å². The first-order valence-electron chi connectivity index (χ1n) is 9.03. The number of fused-ring (bicyclic) bond motifs is 1. The Morgan fingerprint density at radius 2 is 2.00 bits per heavy atom. The van der Waals surface area contributed by atoms with Crippen LogP contribution in [0.1, 0.15) is 36.0 Å². The van der Waals surface area contributed by atoms with Crippen LogP contribution in [-0.2, 0) is 16.1 Å². The van der Waals surface area contributed by atoms with Gasteiger partial charge >= 0.3 is 0 Å². The molecule has 0 saturated carbocycles. The van der Waals surface area contributed by atoms with Gasteiger partial charge in [0.1, 0.15) is 5.82 Å². The van der Waals surface area contributed by atoms with Crippen molar-refractivity contribution >= 4 is 17.5 Å². The predicted molar refractivity (Wildman–Crippen MR) is 103 cm³/mol. The summed E-state index contributed by atoms with van der Waals surface area (Å²) in [5, 5.41) is 2.84. The third kappa shape index (κ3) is 4.10. The van der Waals surface area contributed by atoms with Crippen molar-refractivity contribution in [3.8, 4) is 0 Å². The quantitative estimate of drug-likeness (QED) is 0.851. The minimum absolute atomic E-state index is 0.0000284. The highest BCUT2D eigenvalue weighted by atomic mass is 19.1. The molecular weight excluding hydrogens is 345 g/mol. The lowest BCUT2D eigenvalue weighted by atomic mass is 9.85. The molecule has 3 rings (SSSR count). The number of hydrogen-bond donors (Lipinski definition) is 2. The van der Waals surface area contributed by atoms with Crippen LogP contribution in [0.5, 0.6) is 0 Å². The lowest BCUT2D eigenvalue weighted by molar-refractivity contribution is -0.120. The van der Waals surface area contributed by atoms with E-state index in [0.717, 1.165) is 11.3 Å². The summed E-state index contributed by atoms with van der Waals surface area (Å²) >= 11 is 0. The number of anilines is 1. The number of amides is 2. The highest BCUT2D eigenvalue weighted by Crippen LogP contribution is 2.37. The molecule has 6 heteroatoms. The SMILES string of the molecule is Cc1ccc(CNC(=O)CN2c3ccccc3[C@@H](C(N)=O)C[C@H]2C)cc1F. The molecule has 27 heavy (non-hydrogen) atoms. The number of nitrogens with zero attached hydrogens (tertiary/aromatic N) is 1. The maximum absolute atomic E-state index is 13.6. The van der Waals surface area contributed by atoms with E-state index in [0.29, 0.717) is 17.5 Å². The molecule has 2 aromatic carbocycles. The van der Waals surface area contributed by atoms with Gasteiger partial charge in [0, 0.05) is 18.3 Å². The van der Waals surface area contributed by atoms with Gasteiger partial charge < -0.3 is 16.0 Å². The average Bonchev–Trinajstić information content (AvgIpc) is 2.64. The standard InChI is InChI=1S/C21H24FN3O2/c1-13-7-8-15(10-18(13)22)11-24-20(26)12-25-14(2)9-17(21(23)27)16-5-3-4-6-19(16)25/h3-8,10,14,17H,9,11-12H2,1-2H3,(H2,23,27)(H,24,26)/t14-,17+/m1/s1. The Bertz CT molecular complexity index is 868. The summed E-state index contributed by atoms with van der Waals surface area (Å²) in [6, 6.07) is 12.5. The Labute approximate surface area is 158 Å². The topological polar surface area (TPSA) is 75.4 Å². The molecule has 0 spiro atoms. The lowest BCUT2D eigenvalue weighted by Gasteiger charge is -2.39. The number of hydrogen-bond acceptors (Lipinski definition) is 3. The summed E-state index contributed by atoms with van der Waals surface area (Å²) in [6.07, 6.45) is 0.572. The normalized spacial score (nSPS) is 18.7. The maximum atomic E-state index is 13.6. The second-order valence-corrected chi connectivity index (χ2v) is 7.09. The Morgan fingerprint density at radius 1 is 1.26 bits per heavy atom. The predicted octanol–water partition coefficient (Wildman–Crippen LogP) is 2.62. The second-order valence-electron chi connectivity index (χ2n) is 7.09. The average molecular weight is 369 g/mol. The molecule has 2 aromatic rings. The fourth-order valence-corrected chi connectivity index (χ4v) is 3.54. The van der Waals surface area contributed by atoms with Gasteiger partial charge in [0.25, 0.3) is 0 Å². The van der Waals surface area contributed by atoms with Crippen LogP contribution in [0.2, 0.25) is 0 Å². The molecule has 5 nitrogen and oxygen atoms in total. The number of carbonyl (C=O) groups is 2. The van der Waals surface area contributed by atoms with Crippen LogP contribution >= 0.6 is 0 Å². The van der Waals surface area contributed by atoms with Crippen LogP contribution in [0.3, 0.4) is 0 Å². The van der Waals surface area contributed by atoms with Crippen molar-refractivity contribution in [3.63, 3.8) is 0 Å². The van der Waals surface area contributed by atoms with Gasteiger partial charge in [-0.05, 0) is 49.1 Å². The summed E-state index contributed by atoms with van der Waals surface area (Å²) in [7, 11) is 0. The first-order chi connectivity index (χ1) is 12.9. The largest absolute Gasteiger partial charge is 0.369 e. The second kappa shape index (κ2) is 7.78. The van der Waals surface area contributed by atoms with Crippen molar-refractivity contribution in [1.82, 2.24) is 5.32 Å². The molecule has 0 aromatic heterocycles. The van der Waals surface area contributed by atoms with E-state index < -0.39 is 0 Å². The molecule has 2 amide bonds. The van der Waals surface area contributed by atoms with Crippen molar-refractivity contribution < 1.29 is 14.0 Å². The van der Waals surface area contributed by atoms with Gasteiger partial charge in [-0.1, -0.05) is 30.3 Å². The minimum atomic E-state index is -0.347. The van der Waals surface area contributed by atoms with Gasteiger partial charge in [0.15, 0.2) is 0 Å². The molecule has 1 aliphatic heterocycles. The van der Waals surface area contributed by atoms with Crippen LogP contribution in [0.15, 0.2) is 42.5 Å². The summed E-state index contributed by atoms with van der Waals surface area (Å²) in [4.78, 5) is 26.3. The van der Waals surface area contributed by atoms with E-state index in [1.165, 1.54) is 6.07 Å². The molecule has 1 aliphatic rings. The van der Waals surface area contributed by atoms with Crippen LogP contribution < -0.4 is 16.0 Å². The highest BCUT2D eigenvalue weighted by molar-refractivity contribution is 5.87. The van der Waals surface area contributed by atoms with Crippen LogP contribution in [-0.4, -0.2) is 24.4 Å². The van der Waals surface area contributed by atoms with Gasteiger partial charge in [0.2, 0.25) is 11.8 Å². The molecule has 2 atom stereocenters. The van der Waals surface area contributed by atoms with Crippen LogP contribution in [0.4, 0.5) is 10.1 Å². The number of nitrogens with one attached hydrogen (secondary N) is 1. The third-order valence-corrected chi connectivity index (χ3v) is 5.11. The Hall–Kier alpha value is -2.89. The monoisotopic (exact) mass is 369 g/mol. The molecule has 0 bridgehead atoms. The van der Waals surface area contributed by atoms with E-state index in [9.17, 15) is 14.0 Å². The number of halogens is 1. The van der Waals surface area contributed by atoms with Crippen LogP contribution in [0, 0.1) is 12.7 Å². The maximum Gasteiger partial charge on any atom is 0.239 e. The van der Waals surface area contributed by atoms with Crippen molar-refractivity contribution in [1.29, 1.82) is 0 Å². The zero-order valence-electron chi connectivity index (χ0n) is 15.5. The van der Waals surface area contributed by atoms with Crippen molar-refractivity contribution in [2.24, 2.45) is 5.73 Å². The summed E-state index contributed by atoms with van der Waals surface area (Å²) in [5.41, 5.74) is 8.57. The van der Waals surface area contributed by atoms with Crippen molar-refractivity contribution in [2.45, 2.75) is 38.8 Å². The number of benzene rings is 2. The van der Waals surface area contributed by atoms with E-state index in [2.05, 4.69) is 5.32 Å². The van der Waals surface area contributed by atoms with E-state index in [1.54, 1.807) is 19.1 Å². The molecule has 3 N–H and O–H groups in total. The number of para-hydroxylation sites is 1. The summed E-state index contributed by atoms with van der Waals surface area (Å²) in [6.45, 7) is 4.11. The van der Waals surface area contributed by atoms with E-state index >= 15 is 0 Å². The molecular formula is C21H24FN3O2. The molecule has 0 saturated heterocycles. The van der Waals surface area contributed by atoms with Crippen LogP contribution in [0.25, 0.3) is 0 Å². The van der Waals surface area contributed by atoms with E-state index in [-0.39, 0.29) is 42.7 Å². The van der Waals surface area contributed by atoms with Gasteiger partial charge in [-0.3, -0.25) is 9.59 Å². The smallest absolute Gasteiger partial charge is 0.239 e. The Kier molecular flexibility index (Phi) is 5.44. The molecule has 0 radical (unpaired) electrons. The molecule has 0 aliphatic carbocycles. The summed E-state index contributed by atoms with van der Waals surface area (Å²) in [5.74, 6) is -1.13. The van der Waals surface area contributed by atoms with E-state index in [4.69, 9.17) is 5.73 Å². The fourth-order valence-electron chi connectivity index (χ4n) is 3.54. The Balaban J connectivity index is 1.70. The van der Waals surface area contributed by atoms with E-state index in [1.807, 2.05) is 36.1 Å². The number of aryl methyl sites for hydroxylation is 1. The molecule has 142 valence electrons. The zero-order chi connectivity index (χ0) is 19.6. The van der Waals surface area contributed by atoms with Gasteiger partial charge in [-0.25, -0.2) is 4.39 Å². The molecule has 0 fully saturated rings. The highest BCUT2D eigenvalue weighted by Gasteiger charge is 2.33. The lowest BCUT2D eigenvalue weighted by Crippen LogP contribution is -2.46. The van der Waals surface area contributed by atoms with Gasteiger partial charge in [-0.15, -0.1) is 0 Å². The number of nitrogens with two attached hydrogens (primary N) is 1. The third-order valence-electron chi connectivity index (χ3n) is 5.11. The van der Waals surface area contributed by atoms with Crippen molar-refractivity contribution in [2.75, 3.05) is 11.4 Å². The number of carbonyl (C=O) groups excluding carboxylic acids is 2. The fraction of sp³-hybridized carbons (Fsp3) is 0.333. The summed E-state index contributed by atoms with van der Waals surface area (Å²) < 4.78 is 13.6.